The molecule has 0 bridgehead atoms. The third-order valence-electron chi connectivity index (χ3n) is 4.72. The first-order valence-electron chi connectivity index (χ1n) is 9.58. The second kappa shape index (κ2) is 11.4. The van der Waals surface area contributed by atoms with Crippen molar-refractivity contribution in [2.45, 2.75) is 97.1 Å². The molecule has 0 spiro atoms. The molecule has 138 valence electrons. The molecule has 1 unspecified atom stereocenters. The topological polar surface area (TPSA) is 36.9 Å². The van der Waals surface area contributed by atoms with Crippen molar-refractivity contribution in [1.29, 1.82) is 0 Å². The van der Waals surface area contributed by atoms with Gasteiger partial charge in [0.15, 0.2) is 0 Å². The van der Waals surface area contributed by atoms with Crippen LogP contribution >= 0.6 is 0 Å². The summed E-state index contributed by atoms with van der Waals surface area (Å²) in [5.74, 6) is 0. The Morgan fingerprint density at radius 2 is 1.52 bits per heavy atom. The summed E-state index contributed by atoms with van der Waals surface area (Å²) < 4.78 is 24.4. The smallest absolute Gasteiger partial charge is 0.120 e. The maximum atomic E-state index is 6.24. The van der Waals surface area contributed by atoms with Gasteiger partial charge in [-0.15, -0.1) is 0 Å². The van der Waals surface area contributed by atoms with Crippen LogP contribution in [0.25, 0.3) is 0 Å². The van der Waals surface area contributed by atoms with Gasteiger partial charge in [0, 0.05) is 19.8 Å². The van der Waals surface area contributed by atoms with Crippen LogP contribution < -0.4 is 0 Å². The monoisotopic (exact) mass is 330 g/mol. The first-order chi connectivity index (χ1) is 11.1. The van der Waals surface area contributed by atoms with Crippen LogP contribution in [0.15, 0.2) is 0 Å². The van der Waals surface area contributed by atoms with Crippen molar-refractivity contribution in [3.63, 3.8) is 0 Å². The minimum atomic E-state index is -0.387. The molecule has 0 radical (unpaired) electrons. The number of hydrogen-bond donors (Lipinski definition) is 0. The Kier molecular flexibility index (Phi) is 10.4. The highest BCUT2D eigenvalue weighted by Crippen LogP contribution is 2.37. The lowest BCUT2D eigenvalue weighted by molar-refractivity contribution is -0.134. The Balaban J connectivity index is 2.64. The summed E-state index contributed by atoms with van der Waals surface area (Å²) >= 11 is 0. The lowest BCUT2D eigenvalue weighted by Gasteiger charge is -2.34. The molecule has 0 aromatic heterocycles. The second-order valence-electron chi connectivity index (χ2n) is 6.78. The molecule has 4 heteroatoms. The van der Waals surface area contributed by atoms with Crippen LogP contribution in [0.1, 0.15) is 73.1 Å². The van der Waals surface area contributed by atoms with E-state index in [0.717, 1.165) is 58.3 Å². The van der Waals surface area contributed by atoms with E-state index in [1.54, 1.807) is 0 Å². The fourth-order valence-electron chi connectivity index (χ4n) is 2.90. The van der Waals surface area contributed by atoms with E-state index in [2.05, 4.69) is 34.6 Å². The van der Waals surface area contributed by atoms with Crippen LogP contribution in [-0.4, -0.2) is 50.3 Å². The molecule has 23 heavy (non-hydrogen) atoms. The highest BCUT2D eigenvalue weighted by Gasteiger charge is 2.53. The molecule has 0 aromatic rings. The van der Waals surface area contributed by atoms with Crippen LogP contribution in [0.5, 0.6) is 0 Å². The molecule has 1 fully saturated rings. The van der Waals surface area contributed by atoms with E-state index in [4.69, 9.17) is 18.9 Å². The molecule has 1 aliphatic heterocycles. The lowest BCUT2D eigenvalue weighted by atomic mass is 9.93. The van der Waals surface area contributed by atoms with Gasteiger partial charge < -0.3 is 18.9 Å². The average molecular weight is 331 g/mol. The molecule has 1 aliphatic rings. The van der Waals surface area contributed by atoms with Crippen molar-refractivity contribution in [2.75, 3.05) is 26.4 Å². The van der Waals surface area contributed by atoms with Gasteiger partial charge >= 0.3 is 0 Å². The predicted molar refractivity (Wildman–Crippen MR) is 94.0 cm³/mol. The van der Waals surface area contributed by atoms with E-state index < -0.39 is 0 Å². The molecule has 4 atom stereocenters. The summed E-state index contributed by atoms with van der Waals surface area (Å²) in [5.41, 5.74) is -0.387. The summed E-state index contributed by atoms with van der Waals surface area (Å²) in [6.45, 7) is 13.7. The number of rotatable bonds is 13. The lowest BCUT2D eigenvalue weighted by Crippen LogP contribution is -2.49. The van der Waals surface area contributed by atoms with Gasteiger partial charge in [-0.3, -0.25) is 0 Å². The van der Waals surface area contributed by atoms with E-state index >= 15 is 0 Å². The summed E-state index contributed by atoms with van der Waals surface area (Å²) in [4.78, 5) is 0. The normalized spacial score (nSPS) is 30.9. The van der Waals surface area contributed by atoms with Crippen molar-refractivity contribution < 1.29 is 18.9 Å². The SMILES string of the molecule is CCCCOC[C@H]1OC(C)[C@](C)(OCCCC)[C@@H]1OCCCC. The maximum absolute atomic E-state index is 6.24. The van der Waals surface area contributed by atoms with Crippen LogP contribution in [0, 0.1) is 0 Å². The number of unbranched alkanes of at least 4 members (excludes halogenated alkanes) is 3. The van der Waals surface area contributed by atoms with Gasteiger partial charge in [-0.1, -0.05) is 40.0 Å². The van der Waals surface area contributed by atoms with Gasteiger partial charge in [-0.05, 0) is 33.1 Å². The Morgan fingerprint density at radius 3 is 2.17 bits per heavy atom. The molecule has 1 rings (SSSR count). The van der Waals surface area contributed by atoms with E-state index in [-0.39, 0.29) is 23.9 Å². The average Bonchev–Trinajstić information content (AvgIpc) is 2.77. The maximum Gasteiger partial charge on any atom is 0.120 e. The molecule has 1 heterocycles. The molecule has 4 nitrogen and oxygen atoms in total. The van der Waals surface area contributed by atoms with Gasteiger partial charge in [-0.25, -0.2) is 0 Å². The van der Waals surface area contributed by atoms with Crippen molar-refractivity contribution in [3.05, 3.63) is 0 Å². The Bertz CT molecular complexity index is 297. The Hall–Kier alpha value is -0.160. The minimum absolute atomic E-state index is 0.0192. The second-order valence-corrected chi connectivity index (χ2v) is 6.78. The van der Waals surface area contributed by atoms with E-state index in [1.807, 2.05) is 0 Å². The van der Waals surface area contributed by atoms with Crippen LogP contribution in [0.4, 0.5) is 0 Å². The number of ether oxygens (including phenoxy) is 4. The largest absolute Gasteiger partial charge is 0.379 e. The standard InChI is InChI=1S/C19H38O4/c1-6-9-12-20-15-17-18(21-13-10-7-2)19(5,16(4)23-17)22-14-11-8-3/h16-18H,6-15H2,1-5H3/t16?,17-,18-,19+/m1/s1. The van der Waals surface area contributed by atoms with Gasteiger partial charge in [0.2, 0.25) is 0 Å². The molecule has 1 saturated heterocycles. The van der Waals surface area contributed by atoms with Gasteiger partial charge in [0.1, 0.15) is 17.8 Å². The molecule has 0 saturated carbocycles. The van der Waals surface area contributed by atoms with Crippen LogP contribution in [0.3, 0.4) is 0 Å². The molecule has 0 N–H and O–H groups in total. The Labute approximate surface area is 143 Å². The van der Waals surface area contributed by atoms with E-state index in [9.17, 15) is 0 Å². The van der Waals surface area contributed by atoms with Crippen molar-refractivity contribution in [2.24, 2.45) is 0 Å². The third kappa shape index (κ3) is 6.33. The number of hydrogen-bond acceptors (Lipinski definition) is 4. The van der Waals surface area contributed by atoms with E-state index in [0.29, 0.717) is 6.61 Å². The zero-order valence-corrected chi connectivity index (χ0v) is 15.9. The fourth-order valence-corrected chi connectivity index (χ4v) is 2.90. The first kappa shape index (κ1) is 20.9. The third-order valence-corrected chi connectivity index (χ3v) is 4.72. The molecule has 0 aliphatic carbocycles. The summed E-state index contributed by atoms with van der Waals surface area (Å²) in [6, 6.07) is 0. The van der Waals surface area contributed by atoms with Crippen molar-refractivity contribution in [1.82, 2.24) is 0 Å². The van der Waals surface area contributed by atoms with E-state index in [1.165, 1.54) is 0 Å². The van der Waals surface area contributed by atoms with Crippen LogP contribution in [-0.2, 0) is 18.9 Å². The quantitative estimate of drug-likeness (QED) is 0.470. The summed E-state index contributed by atoms with van der Waals surface area (Å²) in [5, 5.41) is 0. The zero-order chi connectivity index (χ0) is 17.1. The molecule has 0 amide bonds. The predicted octanol–water partition coefficient (Wildman–Crippen LogP) is 4.35. The van der Waals surface area contributed by atoms with Crippen molar-refractivity contribution >= 4 is 0 Å². The van der Waals surface area contributed by atoms with Gasteiger partial charge in [0.25, 0.3) is 0 Å². The van der Waals surface area contributed by atoms with Gasteiger partial charge in [-0.2, -0.15) is 0 Å². The molecular weight excluding hydrogens is 292 g/mol. The van der Waals surface area contributed by atoms with Crippen LogP contribution in [0.2, 0.25) is 0 Å². The summed E-state index contributed by atoms with van der Waals surface area (Å²) in [7, 11) is 0. The summed E-state index contributed by atoms with van der Waals surface area (Å²) in [6.07, 6.45) is 6.58. The van der Waals surface area contributed by atoms with Crippen molar-refractivity contribution in [3.8, 4) is 0 Å². The Morgan fingerprint density at radius 1 is 0.913 bits per heavy atom. The molecular formula is C19H38O4. The fraction of sp³-hybridized carbons (Fsp3) is 1.00. The van der Waals surface area contributed by atoms with Gasteiger partial charge in [0.05, 0.1) is 12.7 Å². The highest BCUT2D eigenvalue weighted by atomic mass is 16.6. The minimum Gasteiger partial charge on any atom is -0.379 e. The zero-order valence-electron chi connectivity index (χ0n) is 15.9. The molecule has 0 aromatic carbocycles. The highest BCUT2D eigenvalue weighted by molar-refractivity contribution is 5.01. The first-order valence-corrected chi connectivity index (χ1v) is 9.58.